The lowest BCUT2D eigenvalue weighted by molar-refractivity contribution is 1.47. The number of para-hydroxylation sites is 1. The summed E-state index contributed by atoms with van der Waals surface area (Å²) >= 11 is 0. The Morgan fingerprint density at radius 3 is 2.22 bits per heavy atom. The molecule has 2 heteroatoms. The maximum Gasteiger partial charge on any atom is 0.0630 e. The molecule has 0 aliphatic carbocycles. The Balaban J connectivity index is 1.59. The molecule has 4 rings (SSSR count). The third-order valence-corrected chi connectivity index (χ3v) is 3.95. The molecule has 2 nitrogen and oxygen atoms in total. The Kier molecular flexibility index (Phi) is 3.49. The Hall–Kier alpha value is -3.13. The van der Waals surface area contributed by atoms with Crippen LogP contribution in [0.1, 0.15) is 5.56 Å². The summed E-state index contributed by atoms with van der Waals surface area (Å²) in [6, 6.07) is 26.9. The monoisotopic (exact) mass is 296 g/mol. The van der Waals surface area contributed by atoms with Crippen molar-refractivity contribution in [3.05, 3.63) is 90.6 Å². The van der Waals surface area contributed by atoms with E-state index in [1.165, 1.54) is 16.5 Å². The van der Waals surface area contributed by atoms with Crippen LogP contribution in [0, 0.1) is 0 Å². The Morgan fingerprint density at radius 2 is 1.39 bits per heavy atom. The predicted octanol–water partition coefficient (Wildman–Crippen LogP) is 5.59. The molecule has 3 aromatic carbocycles. The largest absolute Gasteiger partial charge is 0.361 e. The van der Waals surface area contributed by atoms with Gasteiger partial charge in [0.2, 0.25) is 0 Å². The van der Waals surface area contributed by atoms with Crippen molar-refractivity contribution in [3.8, 4) is 11.1 Å². The van der Waals surface area contributed by atoms with E-state index in [-0.39, 0.29) is 0 Å². The first-order valence-electron chi connectivity index (χ1n) is 7.66. The maximum atomic E-state index is 4.59. The van der Waals surface area contributed by atoms with Crippen LogP contribution in [0.15, 0.2) is 90.1 Å². The molecule has 0 unspecified atom stereocenters. The predicted molar refractivity (Wildman–Crippen MR) is 97.4 cm³/mol. The minimum atomic E-state index is 0.954. The van der Waals surface area contributed by atoms with E-state index >= 15 is 0 Å². The van der Waals surface area contributed by atoms with Gasteiger partial charge in [-0.1, -0.05) is 60.7 Å². The summed E-state index contributed by atoms with van der Waals surface area (Å²) in [6.45, 7) is 0. The first kappa shape index (κ1) is 13.5. The van der Waals surface area contributed by atoms with Gasteiger partial charge in [-0.3, -0.25) is 4.99 Å². The van der Waals surface area contributed by atoms with Crippen molar-refractivity contribution in [2.24, 2.45) is 4.99 Å². The fourth-order valence-corrected chi connectivity index (χ4v) is 2.72. The van der Waals surface area contributed by atoms with Crippen LogP contribution in [0.25, 0.3) is 22.0 Å². The number of aliphatic imine (C=N–C) groups is 1. The topological polar surface area (TPSA) is 28.1 Å². The number of aromatic nitrogens is 1. The summed E-state index contributed by atoms with van der Waals surface area (Å²) in [7, 11) is 0. The number of nitrogens with zero attached hydrogens (tertiary/aromatic N) is 1. The molecule has 0 amide bonds. The molecular weight excluding hydrogens is 280 g/mol. The summed E-state index contributed by atoms with van der Waals surface area (Å²) in [6.07, 6.45) is 3.91. The van der Waals surface area contributed by atoms with Gasteiger partial charge in [0.25, 0.3) is 0 Å². The van der Waals surface area contributed by atoms with Crippen LogP contribution in [0.5, 0.6) is 0 Å². The zero-order valence-electron chi connectivity index (χ0n) is 12.6. The minimum absolute atomic E-state index is 0.954. The first-order valence-corrected chi connectivity index (χ1v) is 7.66. The van der Waals surface area contributed by atoms with Crippen LogP contribution in [-0.2, 0) is 0 Å². The number of nitrogens with one attached hydrogen (secondary N) is 1. The number of hydrogen-bond acceptors (Lipinski definition) is 1. The maximum absolute atomic E-state index is 4.59. The molecule has 4 aromatic rings. The zero-order chi connectivity index (χ0) is 15.5. The van der Waals surface area contributed by atoms with Gasteiger partial charge in [-0.25, -0.2) is 0 Å². The van der Waals surface area contributed by atoms with Crippen molar-refractivity contribution >= 4 is 22.8 Å². The molecule has 1 N–H and O–H groups in total. The molecule has 0 fully saturated rings. The molecule has 1 heterocycles. The lowest BCUT2D eigenvalue weighted by Gasteiger charge is -2.01. The third kappa shape index (κ3) is 2.79. The van der Waals surface area contributed by atoms with Crippen molar-refractivity contribution in [1.82, 2.24) is 4.98 Å². The second kappa shape index (κ2) is 5.93. The van der Waals surface area contributed by atoms with Crippen LogP contribution < -0.4 is 0 Å². The smallest absolute Gasteiger partial charge is 0.0630 e. The van der Waals surface area contributed by atoms with Crippen LogP contribution in [0.4, 0.5) is 5.69 Å². The van der Waals surface area contributed by atoms with Crippen molar-refractivity contribution < 1.29 is 0 Å². The number of rotatable bonds is 3. The number of fused-ring (bicyclic) bond motifs is 1. The van der Waals surface area contributed by atoms with Crippen molar-refractivity contribution in [3.63, 3.8) is 0 Å². The van der Waals surface area contributed by atoms with E-state index in [1.54, 1.807) is 0 Å². The van der Waals surface area contributed by atoms with E-state index < -0.39 is 0 Å². The zero-order valence-corrected chi connectivity index (χ0v) is 12.6. The Bertz CT molecular complexity index is 948. The lowest BCUT2D eigenvalue weighted by Crippen LogP contribution is -1.78. The van der Waals surface area contributed by atoms with Gasteiger partial charge in [-0.05, 0) is 29.3 Å². The van der Waals surface area contributed by atoms with Crippen molar-refractivity contribution in [2.75, 3.05) is 0 Å². The standard InChI is InChI=1S/C21H16N2/c1-2-6-16(7-3-1)17-10-12-19(13-11-17)22-14-18-15-23-21-9-5-4-8-20(18)21/h1-15,23H. The summed E-state index contributed by atoms with van der Waals surface area (Å²) in [5.74, 6) is 0. The SMILES string of the molecule is C(=Nc1ccc(-c2ccccc2)cc1)c1c[nH]c2ccccc12. The second-order valence-corrected chi connectivity index (χ2v) is 5.46. The van der Waals surface area contributed by atoms with Crippen LogP contribution in [0.2, 0.25) is 0 Å². The summed E-state index contributed by atoms with van der Waals surface area (Å²) in [4.78, 5) is 7.85. The first-order chi connectivity index (χ1) is 11.4. The molecule has 23 heavy (non-hydrogen) atoms. The van der Waals surface area contributed by atoms with Gasteiger partial charge in [0.1, 0.15) is 0 Å². The average molecular weight is 296 g/mol. The molecule has 0 saturated heterocycles. The lowest BCUT2D eigenvalue weighted by atomic mass is 10.1. The number of hydrogen-bond donors (Lipinski definition) is 1. The van der Waals surface area contributed by atoms with Gasteiger partial charge in [-0.15, -0.1) is 0 Å². The fourth-order valence-electron chi connectivity index (χ4n) is 2.72. The Morgan fingerprint density at radius 1 is 0.696 bits per heavy atom. The van der Waals surface area contributed by atoms with E-state index in [4.69, 9.17) is 0 Å². The third-order valence-electron chi connectivity index (χ3n) is 3.95. The molecule has 0 aliphatic heterocycles. The van der Waals surface area contributed by atoms with E-state index in [0.717, 1.165) is 16.8 Å². The molecule has 1 aromatic heterocycles. The average Bonchev–Trinajstić information content (AvgIpc) is 3.04. The van der Waals surface area contributed by atoms with Crippen molar-refractivity contribution in [2.45, 2.75) is 0 Å². The van der Waals surface area contributed by atoms with Crippen LogP contribution in [-0.4, -0.2) is 11.2 Å². The summed E-state index contributed by atoms with van der Waals surface area (Å²) in [5, 5.41) is 1.19. The van der Waals surface area contributed by atoms with E-state index in [9.17, 15) is 0 Å². The van der Waals surface area contributed by atoms with Crippen LogP contribution in [0.3, 0.4) is 0 Å². The fraction of sp³-hybridized carbons (Fsp3) is 0. The number of benzene rings is 3. The van der Waals surface area contributed by atoms with E-state index in [2.05, 4.69) is 58.5 Å². The molecule has 0 radical (unpaired) electrons. The summed E-state index contributed by atoms with van der Waals surface area (Å²) < 4.78 is 0. The van der Waals surface area contributed by atoms with Gasteiger partial charge in [0, 0.05) is 28.9 Å². The quantitative estimate of drug-likeness (QED) is 0.478. The molecule has 0 atom stereocenters. The molecule has 110 valence electrons. The van der Waals surface area contributed by atoms with Gasteiger partial charge in [-0.2, -0.15) is 0 Å². The Labute approximate surface area is 135 Å². The molecular formula is C21H16N2. The van der Waals surface area contributed by atoms with E-state index in [0.29, 0.717) is 0 Å². The molecule has 0 saturated carbocycles. The second-order valence-electron chi connectivity index (χ2n) is 5.46. The molecule has 0 bridgehead atoms. The van der Waals surface area contributed by atoms with Gasteiger partial charge in [0.05, 0.1) is 5.69 Å². The van der Waals surface area contributed by atoms with Gasteiger partial charge in [0.15, 0.2) is 0 Å². The van der Waals surface area contributed by atoms with Crippen LogP contribution >= 0.6 is 0 Å². The van der Waals surface area contributed by atoms with Crippen molar-refractivity contribution in [1.29, 1.82) is 0 Å². The minimum Gasteiger partial charge on any atom is -0.361 e. The number of H-pyrrole nitrogens is 1. The number of aromatic amines is 1. The molecule has 0 spiro atoms. The molecule has 0 aliphatic rings. The van der Waals surface area contributed by atoms with Gasteiger partial charge >= 0.3 is 0 Å². The summed E-state index contributed by atoms with van der Waals surface area (Å²) in [5.41, 5.74) is 5.62. The highest BCUT2D eigenvalue weighted by Gasteiger charge is 2.00. The highest BCUT2D eigenvalue weighted by molar-refractivity contribution is 5.99. The normalized spacial score (nSPS) is 11.3. The highest BCUT2D eigenvalue weighted by Crippen LogP contribution is 2.23. The highest BCUT2D eigenvalue weighted by atomic mass is 14.7. The van der Waals surface area contributed by atoms with E-state index in [1.807, 2.05) is 42.7 Å². The van der Waals surface area contributed by atoms with Gasteiger partial charge < -0.3 is 4.98 Å².